The van der Waals surface area contributed by atoms with Crippen molar-refractivity contribution < 1.29 is 4.52 Å². The van der Waals surface area contributed by atoms with Crippen LogP contribution in [0.4, 0.5) is 0 Å². The summed E-state index contributed by atoms with van der Waals surface area (Å²) >= 11 is 1.68. The molecule has 4 nitrogen and oxygen atoms in total. The summed E-state index contributed by atoms with van der Waals surface area (Å²) in [6.07, 6.45) is 0. The third-order valence-corrected chi connectivity index (χ3v) is 3.44. The Labute approximate surface area is 111 Å². The third-order valence-electron chi connectivity index (χ3n) is 2.55. The number of rotatable bonds is 5. The van der Waals surface area contributed by atoms with Crippen LogP contribution < -0.4 is 5.32 Å². The standard InChI is InChI=1S/C13H19N3OS/c1-8(2)6-14-7-11-5-12(17-16-11)13-9(3)18-10(4)15-13/h5,8,14H,6-7H2,1-4H3. The van der Waals surface area contributed by atoms with Gasteiger partial charge in [0.1, 0.15) is 5.69 Å². The molecule has 0 atom stereocenters. The van der Waals surface area contributed by atoms with Crippen LogP contribution in [0, 0.1) is 19.8 Å². The second kappa shape index (κ2) is 5.63. The maximum absolute atomic E-state index is 5.36. The molecule has 5 heteroatoms. The SMILES string of the molecule is Cc1nc(-c2cc(CNCC(C)C)no2)c(C)s1. The van der Waals surface area contributed by atoms with Gasteiger partial charge in [0, 0.05) is 17.5 Å². The number of hydrogen-bond donors (Lipinski definition) is 1. The highest BCUT2D eigenvalue weighted by atomic mass is 32.1. The van der Waals surface area contributed by atoms with Gasteiger partial charge in [0.25, 0.3) is 0 Å². The molecular formula is C13H19N3OS. The molecule has 2 heterocycles. The molecule has 0 aliphatic carbocycles. The lowest BCUT2D eigenvalue weighted by Gasteiger charge is -2.03. The maximum Gasteiger partial charge on any atom is 0.186 e. The average molecular weight is 265 g/mol. The zero-order valence-electron chi connectivity index (χ0n) is 11.3. The molecule has 0 aliphatic rings. The van der Waals surface area contributed by atoms with Crippen molar-refractivity contribution in [3.8, 4) is 11.5 Å². The van der Waals surface area contributed by atoms with Crippen LogP contribution >= 0.6 is 11.3 Å². The number of aryl methyl sites for hydroxylation is 2. The zero-order chi connectivity index (χ0) is 13.1. The van der Waals surface area contributed by atoms with Crippen LogP contribution in [0.3, 0.4) is 0 Å². The maximum atomic E-state index is 5.36. The lowest BCUT2D eigenvalue weighted by Crippen LogP contribution is -2.18. The molecule has 1 N–H and O–H groups in total. The van der Waals surface area contributed by atoms with Crippen molar-refractivity contribution in [2.45, 2.75) is 34.2 Å². The van der Waals surface area contributed by atoms with Crippen LogP contribution in [0.15, 0.2) is 10.6 Å². The van der Waals surface area contributed by atoms with Crippen LogP contribution in [-0.4, -0.2) is 16.7 Å². The first-order valence-electron chi connectivity index (χ1n) is 6.17. The Morgan fingerprint density at radius 3 is 2.78 bits per heavy atom. The summed E-state index contributed by atoms with van der Waals surface area (Å²) in [6.45, 7) is 10.1. The van der Waals surface area contributed by atoms with Gasteiger partial charge in [0.15, 0.2) is 5.76 Å². The molecule has 0 radical (unpaired) electrons. The van der Waals surface area contributed by atoms with Gasteiger partial charge in [-0.2, -0.15) is 0 Å². The molecule has 98 valence electrons. The fraction of sp³-hybridized carbons (Fsp3) is 0.538. The summed E-state index contributed by atoms with van der Waals surface area (Å²) in [5, 5.41) is 8.47. The van der Waals surface area contributed by atoms with E-state index in [2.05, 4.69) is 36.2 Å². The number of nitrogens with one attached hydrogen (secondary N) is 1. The number of aromatic nitrogens is 2. The van der Waals surface area contributed by atoms with E-state index in [1.807, 2.05) is 13.0 Å². The topological polar surface area (TPSA) is 51.0 Å². The minimum atomic E-state index is 0.639. The highest BCUT2D eigenvalue weighted by molar-refractivity contribution is 7.11. The van der Waals surface area contributed by atoms with E-state index in [0.717, 1.165) is 35.2 Å². The molecule has 0 spiro atoms. The molecule has 0 unspecified atom stereocenters. The van der Waals surface area contributed by atoms with Crippen molar-refractivity contribution in [2.75, 3.05) is 6.54 Å². The Morgan fingerprint density at radius 1 is 1.39 bits per heavy atom. The minimum absolute atomic E-state index is 0.639. The van der Waals surface area contributed by atoms with Crippen molar-refractivity contribution in [1.82, 2.24) is 15.5 Å². The first-order valence-corrected chi connectivity index (χ1v) is 6.98. The lowest BCUT2D eigenvalue weighted by molar-refractivity contribution is 0.417. The predicted octanol–water partition coefficient (Wildman–Crippen LogP) is 3.16. The van der Waals surface area contributed by atoms with Gasteiger partial charge in [0.2, 0.25) is 0 Å². The molecule has 2 aromatic rings. The van der Waals surface area contributed by atoms with Crippen molar-refractivity contribution in [3.05, 3.63) is 21.6 Å². The van der Waals surface area contributed by atoms with Crippen molar-refractivity contribution in [1.29, 1.82) is 0 Å². The van der Waals surface area contributed by atoms with E-state index in [0.29, 0.717) is 5.92 Å². The van der Waals surface area contributed by atoms with E-state index >= 15 is 0 Å². The summed E-state index contributed by atoms with van der Waals surface area (Å²) in [6, 6.07) is 1.97. The molecule has 0 bridgehead atoms. The summed E-state index contributed by atoms with van der Waals surface area (Å²) in [5.74, 6) is 1.40. The molecule has 0 aromatic carbocycles. The Hall–Kier alpha value is -1.20. The van der Waals surface area contributed by atoms with Crippen LogP contribution in [0.1, 0.15) is 29.4 Å². The van der Waals surface area contributed by atoms with E-state index in [1.165, 1.54) is 4.88 Å². The van der Waals surface area contributed by atoms with E-state index in [4.69, 9.17) is 4.52 Å². The third kappa shape index (κ3) is 3.17. The van der Waals surface area contributed by atoms with Gasteiger partial charge in [0.05, 0.1) is 10.7 Å². The first-order chi connectivity index (χ1) is 8.56. The summed E-state index contributed by atoms with van der Waals surface area (Å²) in [5.41, 5.74) is 1.84. The Bertz CT molecular complexity index is 516. The second-order valence-electron chi connectivity index (χ2n) is 4.84. The van der Waals surface area contributed by atoms with E-state index in [9.17, 15) is 0 Å². The quantitative estimate of drug-likeness (QED) is 0.902. The van der Waals surface area contributed by atoms with Gasteiger partial charge < -0.3 is 9.84 Å². The van der Waals surface area contributed by atoms with Crippen molar-refractivity contribution >= 4 is 11.3 Å². The van der Waals surface area contributed by atoms with Gasteiger partial charge in [-0.25, -0.2) is 4.98 Å². The fourth-order valence-corrected chi connectivity index (χ4v) is 2.58. The van der Waals surface area contributed by atoms with Gasteiger partial charge in [-0.05, 0) is 26.3 Å². The van der Waals surface area contributed by atoms with Crippen LogP contribution in [0.2, 0.25) is 0 Å². The van der Waals surface area contributed by atoms with Gasteiger partial charge >= 0.3 is 0 Å². The summed E-state index contributed by atoms with van der Waals surface area (Å²) in [4.78, 5) is 5.64. The molecule has 0 fully saturated rings. The minimum Gasteiger partial charge on any atom is -0.354 e. The first kappa shape index (κ1) is 13.2. The Kier molecular flexibility index (Phi) is 4.14. The smallest absolute Gasteiger partial charge is 0.186 e. The molecule has 18 heavy (non-hydrogen) atoms. The van der Waals surface area contributed by atoms with E-state index in [-0.39, 0.29) is 0 Å². The number of nitrogens with zero attached hydrogens (tertiary/aromatic N) is 2. The Balaban J connectivity index is 2.04. The van der Waals surface area contributed by atoms with Gasteiger partial charge in [-0.15, -0.1) is 11.3 Å². The fourth-order valence-electron chi connectivity index (χ4n) is 1.75. The number of thiazole rings is 1. The average Bonchev–Trinajstić information content (AvgIpc) is 2.85. The molecule has 0 saturated heterocycles. The summed E-state index contributed by atoms with van der Waals surface area (Å²) in [7, 11) is 0. The monoisotopic (exact) mass is 265 g/mol. The van der Waals surface area contributed by atoms with Crippen LogP contribution in [0.25, 0.3) is 11.5 Å². The van der Waals surface area contributed by atoms with Crippen molar-refractivity contribution in [2.24, 2.45) is 5.92 Å². The second-order valence-corrected chi connectivity index (χ2v) is 6.25. The Morgan fingerprint density at radius 2 is 2.17 bits per heavy atom. The molecule has 0 aliphatic heterocycles. The molecular weight excluding hydrogens is 246 g/mol. The molecule has 0 amide bonds. The van der Waals surface area contributed by atoms with E-state index < -0.39 is 0 Å². The van der Waals surface area contributed by atoms with Crippen LogP contribution in [-0.2, 0) is 6.54 Å². The van der Waals surface area contributed by atoms with Crippen LogP contribution in [0.5, 0.6) is 0 Å². The molecule has 0 saturated carbocycles. The van der Waals surface area contributed by atoms with Gasteiger partial charge in [-0.3, -0.25) is 0 Å². The van der Waals surface area contributed by atoms with Crippen molar-refractivity contribution in [3.63, 3.8) is 0 Å². The highest BCUT2D eigenvalue weighted by Gasteiger charge is 2.13. The largest absolute Gasteiger partial charge is 0.354 e. The zero-order valence-corrected chi connectivity index (χ0v) is 12.1. The van der Waals surface area contributed by atoms with E-state index in [1.54, 1.807) is 11.3 Å². The lowest BCUT2D eigenvalue weighted by atomic mass is 10.2. The number of hydrogen-bond acceptors (Lipinski definition) is 5. The molecule has 2 rings (SSSR count). The normalized spacial score (nSPS) is 11.4. The summed E-state index contributed by atoms with van der Waals surface area (Å²) < 4.78 is 5.36. The molecule has 2 aromatic heterocycles. The van der Waals surface area contributed by atoms with Gasteiger partial charge in [-0.1, -0.05) is 19.0 Å². The highest BCUT2D eigenvalue weighted by Crippen LogP contribution is 2.27. The predicted molar refractivity (Wildman–Crippen MR) is 73.6 cm³/mol.